The van der Waals surface area contributed by atoms with Gasteiger partial charge in [-0.1, -0.05) is 0 Å². The van der Waals surface area contributed by atoms with Crippen molar-refractivity contribution >= 4 is 0 Å². The van der Waals surface area contributed by atoms with E-state index < -0.39 is 0 Å². The molecular formula is C5H8N2. The number of fused-ring (bicyclic) bond motifs is 1. The van der Waals surface area contributed by atoms with Gasteiger partial charge in [0, 0.05) is 19.3 Å². The first-order valence-electron chi connectivity index (χ1n) is 2.69. The third-order valence-electron chi connectivity index (χ3n) is 1.40. The second-order valence-corrected chi connectivity index (χ2v) is 1.99. The molecule has 0 aliphatic carbocycles. The number of rotatable bonds is 0. The molecule has 2 heterocycles. The molecule has 2 nitrogen and oxygen atoms in total. The van der Waals surface area contributed by atoms with Crippen LogP contribution >= 0.6 is 0 Å². The predicted octanol–water partition coefficient (Wildman–Crippen LogP) is 0.0942. The molecule has 1 fully saturated rings. The Hall–Kier alpha value is -0.660. The van der Waals surface area contributed by atoms with E-state index in [0.717, 1.165) is 0 Å². The van der Waals surface area contributed by atoms with Crippen molar-refractivity contribution in [2.75, 3.05) is 13.1 Å². The molecule has 0 saturated carbocycles. The molecule has 1 saturated heterocycles. The maximum Gasteiger partial charge on any atom is 0.122 e. The summed E-state index contributed by atoms with van der Waals surface area (Å²) in [5.74, 6) is 1.34. The third-order valence-corrected chi connectivity index (χ3v) is 1.40. The van der Waals surface area contributed by atoms with Crippen molar-refractivity contribution < 1.29 is 0 Å². The monoisotopic (exact) mass is 96.1 g/mol. The van der Waals surface area contributed by atoms with E-state index in [-0.39, 0.29) is 0 Å². The number of hydrogen-bond donors (Lipinski definition) is 1. The van der Waals surface area contributed by atoms with Crippen molar-refractivity contribution in [2.45, 2.75) is 6.42 Å². The largest absolute Gasteiger partial charge is 0.370 e. The average molecular weight is 96.1 g/mol. The summed E-state index contributed by atoms with van der Waals surface area (Å²) in [4.78, 5) is 2.24. The number of nitrogens with zero attached hydrogens (tertiary/aromatic N) is 1. The second-order valence-electron chi connectivity index (χ2n) is 1.99. The molecular weight excluding hydrogens is 88.1 g/mol. The fraction of sp³-hybridized carbons (Fsp3) is 0.600. The lowest BCUT2D eigenvalue weighted by atomic mass is 10.4. The van der Waals surface area contributed by atoms with E-state index in [1.807, 2.05) is 0 Å². The molecule has 7 heavy (non-hydrogen) atoms. The Morgan fingerprint density at radius 2 is 2.71 bits per heavy atom. The van der Waals surface area contributed by atoms with Crippen molar-refractivity contribution in [1.82, 2.24) is 10.2 Å². The lowest BCUT2D eigenvalue weighted by Crippen LogP contribution is -2.24. The molecule has 0 aromatic rings. The first-order chi connectivity index (χ1) is 3.47. The highest BCUT2D eigenvalue weighted by Crippen LogP contribution is 2.20. The SMILES string of the molecule is C1=C2NCCCN12. The molecule has 0 bridgehead atoms. The quantitative estimate of drug-likeness (QED) is 0.460. The Labute approximate surface area is 42.8 Å². The van der Waals surface area contributed by atoms with Crippen molar-refractivity contribution in [3.8, 4) is 0 Å². The Kier molecular flexibility index (Phi) is 0.451. The minimum absolute atomic E-state index is 1.17. The summed E-state index contributed by atoms with van der Waals surface area (Å²) >= 11 is 0. The maximum atomic E-state index is 3.24. The van der Waals surface area contributed by atoms with Crippen molar-refractivity contribution in [2.24, 2.45) is 0 Å². The van der Waals surface area contributed by atoms with E-state index in [1.165, 1.54) is 25.3 Å². The summed E-state index contributed by atoms with van der Waals surface area (Å²) < 4.78 is 0. The normalized spacial score (nSPS) is 25.1. The Bertz CT molecular complexity index is 117. The minimum atomic E-state index is 1.17. The molecule has 0 unspecified atom stereocenters. The van der Waals surface area contributed by atoms with Gasteiger partial charge < -0.3 is 10.2 Å². The summed E-state index contributed by atoms with van der Waals surface area (Å²) in [7, 11) is 0. The molecule has 2 aliphatic rings. The van der Waals surface area contributed by atoms with Crippen LogP contribution in [0, 0.1) is 0 Å². The fourth-order valence-corrected chi connectivity index (χ4v) is 0.917. The number of hydrogen-bond acceptors (Lipinski definition) is 2. The zero-order chi connectivity index (χ0) is 4.69. The Balaban J connectivity index is 2.02. The molecule has 38 valence electrons. The molecule has 0 aromatic carbocycles. The van der Waals surface area contributed by atoms with Gasteiger partial charge in [0.25, 0.3) is 0 Å². The first kappa shape index (κ1) is 3.36. The van der Waals surface area contributed by atoms with E-state index >= 15 is 0 Å². The zero-order valence-electron chi connectivity index (χ0n) is 4.15. The highest BCUT2D eigenvalue weighted by Gasteiger charge is 2.22. The third kappa shape index (κ3) is 0.391. The zero-order valence-corrected chi connectivity index (χ0v) is 4.15. The van der Waals surface area contributed by atoms with E-state index in [1.54, 1.807) is 0 Å². The van der Waals surface area contributed by atoms with Crippen molar-refractivity contribution in [3.05, 3.63) is 12.0 Å². The summed E-state index contributed by atoms with van der Waals surface area (Å²) in [5, 5.41) is 3.24. The second kappa shape index (κ2) is 0.941. The van der Waals surface area contributed by atoms with E-state index in [9.17, 15) is 0 Å². The van der Waals surface area contributed by atoms with Gasteiger partial charge in [0.05, 0.1) is 0 Å². The van der Waals surface area contributed by atoms with Crippen molar-refractivity contribution in [3.63, 3.8) is 0 Å². The number of nitrogens with one attached hydrogen (secondary N) is 1. The van der Waals surface area contributed by atoms with Gasteiger partial charge in [0.15, 0.2) is 0 Å². The summed E-state index contributed by atoms with van der Waals surface area (Å²) in [6.45, 7) is 2.41. The minimum Gasteiger partial charge on any atom is -0.370 e. The fourth-order valence-electron chi connectivity index (χ4n) is 0.917. The summed E-state index contributed by atoms with van der Waals surface area (Å²) in [6, 6.07) is 0. The van der Waals surface area contributed by atoms with Gasteiger partial charge in [-0.2, -0.15) is 0 Å². The van der Waals surface area contributed by atoms with Crippen LogP contribution in [0.4, 0.5) is 0 Å². The lowest BCUT2D eigenvalue weighted by Gasteiger charge is -2.12. The Morgan fingerprint density at radius 1 is 1.71 bits per heavy atom. The lowest BCUT2D eigenvalue weighted by molar-refractivity contribution is 0.465. The summed E-state index contributed by atoms with van der Waals surface area (Å²) in [6.07, 6.45) is 3.44. The van der Waals surface area contributed by atoms with Gasteiger partial charge in [0.2, 0.25) is 0 Å². The molecule has 2 aliphatic heterocycles. The molecule has 0 spiro atoms. The van der Waals surface area contributed by atoms with Crippen LogP contribution in [0.1, 0.15) is 6.42 Å². The van der Waals surface area contributed by atoms with Gasteiger partial charge >= 0.3 is 0 Å². The topological polar surface area (TPSA) is 15.0 Å². The molecule has 2 heteroatoms. The highest BCUT2D eigenvalue weighted by atomic mass is 15.3. The van der Waals surface area contributed by atoms with Gasteiger partial charge in [-0.3, -0.25) is 0 Å². The molecule has 0 aromatic heterocycles. The molecule has 0 amide bonds. The van der Waals surface area contributed by atoms with E-state index in [4.69, 9.17) is 0 Å². The average Bonchev–Trinajstić information content (AvgIpc) is 2.41. The van der Waals surface area contributed by atoms with Crippen LogP contribution in [0.3, 0.4) is 0 Å². The van der Waals surface area contributed by atoms with Crippen LogP contribution in [-0.4, -0.2) is 18.0 Å². The smallest absolute Gasteiger partial charge is 0.122 e. The van der Waals surface area contributed by atoms with Gasteiger partial charge in [-0.15, -0.1) is 0 Å². The van der Waals surface area contributed by atoms with Crippen LogP contribution in [0.5, 0.6) is 0 Å². The molecule has 2 rings (SSSR count). The molecule has 0 radical (unpaired) electrons. The van der Waals surface area contributed by atoms with Crippen LogP contribution in [0.15, 0.2) is 12.0 Å². The maximum absolute atomic E-state index is 3.24. The van der Waals surface area contributed by atoms with Gasteiger partial charge in [-0.05, 0) is 6.42 Å². The van der Waals surface area contributed by atoms with Gasteiger partial charge in [-0.25, -0.2) is 0 Å². The van der Waals surface area contributed by atoms with E-state index in [0.29, 0.717) is 0 Å². The predicted molar refractivity (Wildman–Crippen MR) is 27.4 cm³/mol. The van der Waals surface area contributed by atoms with Crippen LogP contribution in [0.2, 0.25) is 0 Å². The molecule has 1 N–H and O–H groups in total. The summed E-state index contributed by atoms with van der Waals surface area (Å²) in [5.41, 5.74) is 0. The van der Waals surface area contributed by atoms with Crippen molar-refractivity contribution in [1.29, 1.82) is 0 Å². The standard InChI is InChI=1S/C5H8N2/c1-2-6-5-4-7(5)3-1/h4,6H,1-3H2. The highest BCUT2D eigenvalue weighted by molar-refractivity contribution is 5.18. The molecule has 0 atom stereocenters. The van der Waals surface area contributed by atoms with Crippen LogP contribution in [0.25, 0.3) is 0 Å². The first-order valence-corrected chi connectivity index (χ1v) is 2.69. The van der Waals surface area contributed by atoms with E-state index in [2.05, 4.69) is 16.4 Å². The van der Waals surface area contributed by atoms with Crippen LogP contribution in [-0.2, 0) is 0 Å². The Morgan fingerprint density at radius 3 is 3.29 bits per heavy atom. The van der Waals surface area contributed by atoms with Gasteiger partial charge in [0.1, 0.15) is 5.82 Å². The van der Waals surface area contributed by atoms with Crippen LogP contribution < -0.4 is 5.32 Å².